The lowest BCUT2D eigenvalue weighted by Crippen LogP contribution is -2.00. The summed E-state index contributed by atoms with van der Waals surface area (Å²) in [4.78, 5) is 11.2. The highest BCUT2D eigenvalue weighted by Gasteiger charge is 2.13. The lowest BCUT2D eigenvalue weighted by Gasteiger charge is -2.00. The highest BCUT2D eigenvalue weighted by molar-refractivity contribution is 5.88. The summed E-state index contributed by atoms with van der Waals surface area (Å²) in [5.74, 6) is -0.907. The highest BCUT2D eigenvalue weighted by atomic mass is 19.1. The molecule has 0 fully saturated rings. The number of carbonyl (C=O) groups excluding carboxylic acids is 1. The molecule has 0 bridgehead atoms. The number of aryl methyl sites for hydroxylation is 1. The molecule has 1 aromatic heterocycles. The first kappa shape index (κ1) is 11.3. The molecule has 0 atom stereocenters. The van der Waals surface area contributed by atoms with Crippen molar-refractivity contribution in [2.24, 2.45) is 0 Å². The van der Waals surface area contributed by atoms with E-state index in [1.165, 1.54) is 19.2 Å². The molecule has 17 heavy (non-hydrogen) atoms. The number of aromatic nitrogens is 2. The maximum absolute atomic E-state index is 13.6. The SMILES string of the molecule is COC(=O)c1cc(-c2cc(C)ccc2F)n[nH]1. The Kier molecular flexibility index (Phi) is 2.91. The number of aromatic amines is 1. The van der Waals surface area contributed by atoms with Crippen molar-refractivity contribution in [3.05, 3.63) is 41.3 Å². The molecule has 0 aliphatic heterocycles. The fraction of sp³-hybridized carbons (Fsp3) is 0.167. The number of nitrogens with one attached hydrogen (secondary N) is 1. The van der Waals surface area contributed by atoms with E-state index in [1.54, 1.807) is 12.1 Å². The molecule has 0 saturated carbocycles. The maximum Gasteiger partial charge on any atom is 0.356 e. The molecule has 4 nitrogen and oxygen atoms in total. The first-order valence-corrected chi connectivity index (χ1v) is 5.02. The minimum atomic E-state index is -0.531. The Hall–Kier alpha value is -2.17. The van der Waals surface area contributed by atoms with Crippen molar-refractivity contribution in [3.63, 3.8) is 0 Å². The van der Waals surface area contributed by atoms with Crippen LogP contribution >= 0.6 is 0 Å². The average Bonchev–Trinajstić information content (AvgIpc) is 2.80. The number of ether oxygens (including phenoxy) is 1. The van der Waals surface area contributed by atoms with Gasteiger partial charge in [0.05, 0.1) is 12.8 Å². The molecule has 1 N–H and O–H groups in total. The normalized spacial score (nSPS) is 10.3. The lowest BCUT2D eigenvalue weighted by atomic mass is 10.1. The molecule has 2 rings (SSSR count). The molecule has 0 aliphatic rings. The summed E-state index contributed by atoms with van der Waals surface area (Å²) in [5.41, 5.74) is 1.86. The van der Waals surface area contributed by atoms with Crippen LogP contribution in [-0.4, -0.2) is 23.3 Å². The van der Waals surface area contributed by atoms with Gasteiger partial charge in [0.15, 0.2) is 0 Å². The van der Waals surface area contributed by atoms with Crippen molar-refractivity contribution in [1.82, 2.24) is 10.2 Å². The van der Waals surface area contributed by atoms with Gasteiger partial charge in [-0.3, -0.25) is 5.10 Å². The third-order valence-corrected chi connectivity index (χ3v) is 2.38. The lowest BCUT2D eigenvalue weighted by molar-refractivity contribution is 0.0594. The largest absolute Gasteiger partial charge is 0.464 e. The van der Waals surface area contributed by atoms with E-state index in [9.17, 15) is 9.18 Å². The fourth-order valence-corrected chi connectivity index (χ4v) is 1.51. The van der Waals surface area contributed by atoms with Gasteiger partial charge in [-0.15, -0.1) is 0 Å². The van der Waals surface area contributed by atoms with Crippen LogP contribution in [0.25, 0.3) is 11.3 Å². The van der Waals surface area contributed by atoms with Gasteiger partial charge in [-0.2, -0.15) is 5.10 Å². The van der Waals surface area contributed by atoms with Crippen LogP contribution in [0.2, 0.25) is 0 Å². The van der Waals surface area contributed by atoms with Gasteiger partial charge in [0.25, 0.3) is 0 Å². The number of rotatable bonds is 2. The second kappa shape index (κ2) is 4.37. The van der Waals surface area contributed by atoms with Crippen LogP contribution in [-0.2, 0) is 4.74 Å². The Morgan fingerprint density at radius 3 is 2.88 bits per heavy atom. The molecule has 0 unspecified atom stereocenters. The zero-order chi connectivity index (χ0) is 12.4. The maximum atomic E-state index is 13.6. The van der Waals surface area contributed by atoms with Crippen molar-refractivity contribution in [3.8, 4) is 11.3 Å². The van der Waals surface area contributed by atoms with E-state index in [-0.39, 0.29) is 11.5 Å². The Morgan fingerprint density at radius 2 is 2.18 bits per heavy atom. The van der Waals surface area contributed by atoms with E-state index in [4.69, 9.17) is 0 Å². The highest BCUT2D eigenvalue weighted by Crippen LogP contribution is 2.22. The molecular formula is C12H11FN2O2. The Labute approximate surface area is 97.4 Å². The fourth-order valence-electron chi connectivity index (χ4n) is 1.51. The van der Waals surface area contributed by atoms with Crippen LogP contribution in [0.1, 0.15) is 16.1 Å². The second-order valence-corrected chi connectivity index (χ2v) is 3.64. The van der Waals surface area contributed by atoms with Gasteiger partial charge in [-0.1, -0.05) is 11.6 Å². The minimum Gasteiger partial charge on any atom is -0.464 e. The van der Waals surface area contributed by atoms with Crippen molar-refractivity contribution in [2.75, 3.05) is 7.11 Å². The quantitative estimate of drug-likeness (QED) is 0.811. The van der Waals surface area contributed by atoms with Crippen LogP contribution < -0.4 is 0 Å². The number of hydrogen-bond donors (Lipinski definition) is 1. The number of hydrogen-bond acceptors (Lipinski definition) is 3. The van der Waals surface area contributed by atoms with Gasteiger partial charge in [0, 0.05) is 5.56 Å². The second-order valence-electron chi connectivity index (χ2n) is 3.64. The monoisotopic (exact) mass is 234 g/mol. The van der Waals surface area contributed by atoms with Crippen LogP contribution in [0, 0.1) is 12.7 Å². The summed E-state index contributed by atoms with van der Waals surface area (Å²) in [6.07, 6.45) is 0. The number of halogens is 1. The van der Waals surface area contributed by atoms with E-state index >= 15 is 0 Å². The predicted molar refractivity (Wildman–Crippen MR) is 60.1 cm³/mol. The molecule has 0 radical (unpaired) electrons. The molecule has 88 valence electrons. The smallest absolute Gasteiger partial charge is 0.356 e. The molecular weight excluding hydrogens is 223 g/mol. The number of H-pyrrole nitrogens is 1. The summed E-state index contributed by atoms with van der Waals surface area (Å²) in [7, 11) is 1.27. The van der Waals surface area contributed by atoms with Crippen LogP contribution in [0.5, 0.6) is 0 Å². The molecule has 5 heteroatoms. The Bertz CT molecular complexity index is 563. The van der Waals surface area contributed by atoms with E-state index in [0.29, 0.717) is 11.3 Å². The predicted octanol–water partition coefficient (Wildman–Crippen LogP) is 2.31. The van der Waals surface area contributed by atoms with Gasteiger partial charge in [-0.25, -0.2) is 9.18 Å². The molecule has 0 saturated heterocycles. The van der Waals surface area contributed by atoms with Gasteiger partial charge < -0.3 is 4.74 Å². The molecule has 1 heterocycles. The zero-order valence-corrected chi connectivity index (χ0v) is 9.45. The van der Waals surface area contributed by atoms with Crippen molar-refractivity contribution >= 4 is 5.97 Å². The summed E-state index contributed by atoms with van der Waals surface area (Å²) in [6, 6.07) is 6.18. The summed E-state index contributed by atoms with van der Waals surface area (Å²) < 4.78 is 18.1. The molecule has 0 amide bonds. The first-order valence-electron chi connectivity index (χ1n) is 5.02. The van der Waals surface area contributed by atoms with E-state index in [2.05, 4.69) is 14.9 Å². The minimum absolute atomic E-state index is 0.198. The summed E-state index contributed by atoms with van der Waals surface area (Å²) in [6.45, 7) is 1.86. The van der Waals surface area contributed by atoms with Crippen molar-refractivity contribution in [1.29, 1.82) is 0 Å². The van der Waals surface area contributed by atoms with Crippen molar-refractivity contribution in [2.45, 2.75) is 6.92 Å². The van der Waals surface area contributed by atoms with Crippen LogP contribution in [0.15, 0.2) is 24.3 Å². The van der Waals surface area contributed by atoms with Gasteiger partial charge >= 0.3 is 5.97 Å². The first-order chi connectivity index (χ1) is 8.11. The van der Waals surface area contributed by atoms with E-state index in [1.807, 2.05) is 6.92 Å². The topological polar surface area (TPSA) is 55.0 Å². The number of methoxy groups -OCH3 is 1. The van der Waals surface area contributed by atoms with Gasteiger partial charge in [0.1, 0.15) is 11.5 Å². The third-order valence-electron chi connectivity index (χ3n) is 2.38. The standard InChI is InChI=1S/C12H11FN2O2/c1-7-3-4-9(13)8(5-7)10-6-11(15-14-10)12(16)17-2/h3-6H,1-2H3,(H,14,15). The van der Waals surface area contributed by atoms with Crippen LogP contribution in [0.3, 0.4) is 0 Å². The third kappa shape index (κ3) is 2.18. The molecule has 1 aromatic carbocycles. The number of carbonyl (C=O) groups is 1. The number of benzene rings is 1. The number of nitrogens with zero attached hydrogens (tertiary/aromatic N) is 1. The molecule has 0 aliphatic carbocycles. The van der Waals surface area contributed by atoms with Crippen LogP contribution in [0.4, 0.5) is 4.39 Å². The average molecular weight is 234 g/mol. The molecule has 2 aromatic rings. The summed E-state index contributed by atoms with van der Waals surface area (Å²) in [5, 5.41) is 6.40. The van der Waals surface area contributed by atoms with Gasteiger partial charge in [-0.05, 0) is 25.1 Å². The van der Waals surface area contributed by atoms with E-state index in [0.717, 1.165) is 5.56 Å². The summed E-state index contributed by atoms with van der Waals surface area (Å²) >= 11 is 0. The van der Waals surface area contributed by atoms with Crippen molar-refractivity contribution < 1.29 is 13.9 Å². The van der Waals surface area contributed by atoms with E-state index < -0.39 is 5.97 Å². The zero-order valence-electron chi connectivity index (χ0n) is 9.45. The Morgan fingerprint density at radius 1 is 1.41 bits per heavy atom. The van der Waals surface area contributed by atoms with Gasteiger partial charge in [0.2, 0.25) is 0 Å². The molecule has 0 spiro atoms. The number of esters is 1. The Balaban J connectivity index is 2.43.